The van der Waals surface area contributed by atoms with Crippen LogP contribution >= 0.6 is 0 Å². The highest BCUT2D eigenvalue weighted by atomic mass is 19.4. The third-order valence-corrected chi connectivity index (χ3v) is 6.37. The minimum absolute atomic E-state index is 0.0725. The molecule has 0 bridgehead atoms. The highest BCUT2D eigenvalue weighted by Crippen LogP contribution is 2.30. The van der Waals surface area contributed by atoms with Crippen LogP contribution in [0.5, 0.6) is 5.75 Å². The van der Waals surface area contributed by atoms with Crippen molar-refractivity contribution in [2.45, 2.75) is 32.0 Å². The van der Waals surface area contributed by atoms with Crippen LogP contribution in [0.3, 0.4) is 0 Å². The van der Waals surface area contributed by atoms with Crippen LogP contribution < -0.4 is 15.0 Å². The molecule has 0 spiro atoms. The number of ether oxygens (including phenoxy) is 1. The molecule has 1 aliphatic heterocycles. The van der Waals surface area contributed by atoms with Gasteiger partial charge in [-0.3, -0.25) is 9.59 Å². The molecule has 200 valence electrons. The Kier molecular flexibility index (Phi) is 7.89. The van der Waals surface area contributed by atoms with Crippen LogP contribution in [0.2, 0.25) is 0 Å². The largest absolute Gasteiger partial charge is 0.490 e. The lowest BCUT2D eigenvalue weighted by atomic mass is 10.1. The van der Waals surface area contributed by atoms with Crippen LogP contribution in [0.1, 0.15) is 44.7 Å². The molecule has 1 fully saturated rings. The molecule has 0 radical (unpaired) electrons. The molecule has 1 N–H and O–H groups in total. The Hall–Kier alpha value is -4.08. The van der Waals surface area contributed by atoms with E-state index in [9.17, 15) is 22.8 Å². The third-order valence-electron chi connectivity index (χ3n) is 6.37. The second kappa shape index (κ2) is 11.1. The van der Waals surface area contributed by atoms with Gasteiger partial charge >= 0.3 is 6.18 Å². The number of nitrogens with one attached hydrogen (secondary N) is 1. The van der Waals surface area contributed by atoms with E-state index in [4.69, 9.17) is 4.74 Å². The number of likely N-dealkylation sites (tertiary alicyclic amines) is 1. The summed E-state index contributed by atoms with van der Waals surface area (Å²) < 4.78 is 45.2. The minimum atomic E-state index is -4.53. The van der Waals surface area contributed by atoms with E-state index < -0.39 is 17.6 Å². The second-order valence-electron chi connectivity index (χ2n) is 9.42. The monoisotopic (exact) mass is 526 g/mol. The fourth-order valence-corrected chi connectivity index (χ4v) is 4.16. The lowest BCUT2D eigenvalue weighted by Crippen LogP contribution is -2.41. The second-order valence-corrected chi connectivity index (χ2v) is 9.42. The zero-order valence-electron chi connectivity index (χ0n) is 21.4. The van der Waals surface area contributed by atoms with E-state index in [0.717, 1.165) is 23.5 Å². The van der Waals surface area contributed by atoms with Crippen molar-refractivity contribution in [3.05, 3.63) is 83.0 Å². The predicted octanol–water partition coefficient (Wildman–Crippen LogP) is 5.41. The van der Waals surface area contributed by atoms with Gasteiger partial charge in [0.2, 0.25) is 0 Å². The van der Waals surface area contributed by atoms with Gasteiger partial charge in [-0.25, -0.2) is 4.98 Å². The minimum Gasteiger partial charge on any atom is -0.490 e. The van der Waals surface area contributed by atoms with E-state index in [2.05, 4.69) is 10.3 Å². The maximum absolute atomic E-state index is 13.0. The number of hydrogen-bond acceptors (Lipinski definition) is 5. The number of carbonyl (C=O) groups is 2. The van der Waals surface area contributed by atoms with E-state index in [-0.39, 0.29) is 17.6 Å². The van der Waals surface area contributed by atoms with Crippen molar-refractivity contribution in [3.63, 3.8) is 0 Å². The summed E-state index contributed by atoms with van der Waals surface area (Å²) in [6.45, 7) is 2.94. The maximum atomic E-state index is 13.0. The number of amides is 2. The number of rotatable bonds is 6. The first-order chi connectivity index (χ1) is 18.0. The Balaban J connectivity index is 1.36. The number of anilines is 2. The quantitative estimate of drug-likeness (QED) is 0.465. The lowest BCUT2D eigenvalue weighted by molar-refractivity contribution is -0.137. The fourth-order valence-electron chi connectivity index (χ4n) is 4.16. The lowest BCUT2D eigenvalue weighted by Gasteiger charge is -2.32. The number of piperidine rings is 1. The summed E-state index contributed by atoms with van der Waals surface area (Å²) in [5.74, 6) is 0.625. The van der Waals surface area contributed by atoms with E-state index in [1.807, 2.05) is 32.0 Å². The van der Waals surface area contributed by atoms with Crippen molar-refractivity contribution < 1.29 is 27.5 Å². The first kappa shape index (κ1) is 27.0. The molecule has 4 rings (SSSR count). The first-order valence-electron chi connectivity index (χ1n) is 12.2. The number of aromatic nitrogens is 1. The van der Waals surface area contributed by atoms with Crippen LogP contribution in [0, 0.1) is 6.92 Å². The van der Waals surface area contributed by atoms with E-state index in [0.29, 0.717) is 42.9 Å². The average Bonchev–Trinajstić information content (AvgIpc) is 2.90. The van der Waals surface area contributed by atoms with Gasteiger partial charge < -0.3 is 19.9 Å². The van der Waals surface area contributed by atoms with E-state index in [1.165, 1.54) is 12.1 Å². The van der Waals surface area contributed by atoms with Gasteiger partial charge in [-0.15, -0.1) is 0 Å². The van der Waals surface area contributed by atoms with Gasteiger partial charge in [0.05, 0.1) is 11.1 Å². The Morgan fingerprint density at radius 2 is 1.76 bits per heavy atom. The molecule has 0 atom stereocenters. The maximum Gasteiger partial charge on any atom is 0.416 e. The number of halogens is 3. The molecule has 0 saturated carbocycles. The fraction of sp³-hybridized carbons (Fsp3) is 0.321. The Bertz CT molecular complexity index is 1300. The van der Waals surface area contributed by atoms with Crippen molar-refractivity contribution in [3.8, 4) is 5.75 Å². The summed E-state index contributed by atoms with van der Waals surface area (Å²) >= 11 is 0. The van der Waals surface area contributed by atoms with Crippen LogP contribution in [-0.4, -0.2) is 55.0 Å². The summed E-state index contributed by atoms with van der Waals surface area (Å²) in [7, 11) is 3.77. The smallest absolute Gasteiger partial charge is 0.416 e. The normalized spacial score (nSPS) is 14.2. The topological polar surface area (TPSA) is 74.8 Å². The van der Waals surface area contributed by atoms with Gasteiger partial charge in [-0.05, 0) is 48.9 Å². The van der Waals surface area contributed by atoms with Crippen LogP contribution in [0.4, 0.5) is 24.7 Å². The summed E-state index contributed by atoms with van der Waals surface area (Å²) in [5, 5.41) is 2.64. The molecule has 38 heavy (non-hydrogen) atoms. The van der Waals surface area contributed by atoms with E-state index >= 15 is 0 Å². The van der Waals surface area contributed by atoms with Gasteiger partial charge in [0.15, 0.2) is 0 Å². The zero-order valence-corrected chi connectivity index (χ0v) is 21.4. The number of hydrogen-bond donors (Lipinski definition) is 1. The molecule has 7 nitrogen and oxygen atoms in total. The van der Waals surface area contributed by atoms with Crippen molar-refractivity contribution in [1.29, 1.82) is 0 Å². The zero-order chi connectivity index (χ0) is 27.4. The SMILES string of the molecule is Cc1ccc(NC(=O)c2cccc(C(F)(F)F)c2)cc1OC1CCN(C(=O)c2ccc(N(C)C)nc2)CC1. The highest BCUT2D eigenvalue weighted by Gasteiger charge is 2.31. The summed E-state index contributed by atoms with van der Waals surface area (Å²) in [5.41, 5.74) is 0.827. The standard InChI is InChI=1S/C28H29F3N4O3/c1-18-7-9-22(33-26(36)19-5-4-6-21(15-19)28(29,30)31)16-24(18)38-23-11-13-35(14-12-23)27(37)20-8-10-25(32-17-20)34(2)3/h4-10,15-17,23H,11-14H2,1-3H3,(H,33,36). The van der Waals surface area contributed by atoms with Gasteiger partial charge in [0, 0.05) is 63.5 Å². The molecule has 1 saturated heterocycles. The number of aryl methyl sites for hydroxylation is 1. The molecular weight excluding hydrogens is 497 g/mol. The van der Waals surface area contributed by atoms with Crippen LogP contribution in [0.15, 0.2) is 60.8 Å². The molecule has 0 aliphatic carbocycles. The van der Waals surface area contributed by atoms with Gasteiger partial charge in [0.1, 0.15) is 17.7 Å². The number of alkyl halides is 3. The Morgan fingerprint density at radius 3 is 2.39 bits per heavy atom. The summed E-state index contributed by atoms with van der Waals surface area (Å²) in [6, 6.07) is 13.0. The Labute approximate surface area is 219 Å². The summed E-state index contributed by atoms with van der Waals surface area (Å²) in [6.07, 6.45) is -1.80. The molecule has 1 aromatic heterocycles. The number of benzene rings is 2. The number of nitrogens with zero attached hydrogens (tertiary/aromatic N) is 3. The molecule has 0 unspecified atom stereocenters. The summed E-state index contributed by atoms with van der Waals surface area (Å²) in [4.78, 5) is 33.4. The van der Waals surface area contributed by atoms with Gasteiger partial charge in [-0.2, -0.15) is 13.2 Å². The molecule has 3 aromatic rings. The van der Waals surface area contributed by atoms with Crippen molar-refractivity contribution in [2.75, 3.05) is 37.4 Å². The van der Waals surface area contributed by atoms with Crippen molar-refractivity contribution in [1.82, 2.24) is 9.88 Å². The number of pyridine rings is 1. The van der Waals surface area contributed by atoms with Gasteiger partial charge in [-0.1, -0.05) is 12.1 Å². The number of carbonyl (C=O) groups excluding carboxylic acids is 2. The average molecular weight is 527 g/mol. The van der Waals surface area contributed by atoms with Crippen molar-refractivity contribution in [2.24, 2.45) is 0 Å². The van der Waals surface area contributed by atoms with Crippen molar-refractivity contribution >= 4 is 23.3 Å². The first-order valence-corrected chi connectivity index (χ1v) is 12.2. The van der Waals surface area contributed by atoms with E-state index in [1.54, 1.807) is 35.4 Å². The molecule has 1 aliphatic rings. The Morgan fingerprint density at radius 1 is 1.03 bits per heavy atom. The predicted molar refractivity (Wildman–Crippen MR) is 139 cm³/mol. The highest BCUT2D eigenvalue weighted by molar-refractivity contribution is 6.04. The molecule has 10 heteroatoms. The molecule has 2 heterocycles. The third kappa shape index (κ3) is 6.42. The van der Waals surface area contributed by atoms with Gasteiger partial charge in [0.25, 0.3) is 11.8 Å². The van der Waals surface area contributed by atoms with Crippen LogP contribution in [0.25, 0.3) is 0 Å². The molecular formula is C28H29F3N4O3. The molecule has 2 amide bonds. The van der Waals surface area contributed by atoms with Crippen LogP contribution in [-0.2, 0) is 6.18 Å². The molecule has 2 aromatic carbocycles.